The van der Waals surface area contributed by atoms with Crippen LogP contribution in [0.4, 0.5) is 0 Å². The van der Waals surface area contributed by atoms with Crippen LogP contribution in [0.25, 0.3) is 0 Å². The van der Waals surface area contributed by atoms with Crippen molar-refractivity contribution in [3.8, 4) is 0 Å². The number of carbonyl (C=O) groups excluding carboxylic acids is 1. The molecule has 90 valence electrons. The van der Waals surface area contributed by atoms with Crippen LogP contribution in [0, 0.1) is 6.92 Å². The average molecular weight is 236 g/mol. The van der Waals surface area contributed by atoms with Gasteiger partial charge < -0.3 is 14.3 Å². The van der Waals surface area contributed by atoms with Gasteiger partial charge in [0.05, 0.1) is 18.5 Å². The van der Waals surface area contributed by atoms with E-state index in [1.54, 1.807) is 26.1 Å². The first-order valence-electron chi connectivity index (χ1n) is 5.07. The minimum Gasteiger partial charge on any atom is -0.467 e. The molecule has 0 saturated carbocycles. The lowest BCUT2D eigenvalue weighted by atomic mass is 10.2. The topological polar surface area (TPSA) is 77.4 Å². The zero-order valence-electron chi connectivity index (χ0n) is 9.52. The highest BCUT2D eigenvalue weighted by molar-refractivity contribution is 5.94. The summed E-state index contributed by atoms with van der Waals surface area (Å²) in [6, 6.07) is 3.46. The van der Waals surface area contributed by atoms with E-state index in [2.05, 4.69) is 5.32 Å². The van der Waals surface area contributed by atoms with Gasteiger partial charge in [-0.15, -0.1) is 0 Å². The van der Waals surface area contributed by atoms with Crippen molar-refractivity contribution < 1.29 is 13.7 Å². The molecule has 0 aliphatic carbocycles. The minimum atomic E-state index is -0.637. The Morgan fingerprint density at radius 1 is 1.53 bits per heavy atom. The van der Waals surface area contributed by atoms with Crippen LogP contribution in [0.2, 0.25) is 0 Å². The molecule has 0 fully saturated rings. The van der Waals surface area contributed by atoms with E-state index in [1.165, 1.54) is 11.0 Å². The van der Waals surface area contributed by atoms with Crippen LogP contribution in [0.1, 0.15) is 21.8 Å². The molecule has 0 unspecified atom stereocenters. The lowest BCUT2D eigenvalue weighted by Crippen LogP contribution is -2.27. The van der Waals surface area contributed by atoms with Crippen LogP contribution >= 0.6 is 0 Å². The van der Waals surface area contributed by atoms with Crippen LogP contribution < -0.4 is 10.9 Å². The molecule has 2 rings (SSSR count). The molecule has 0 bridgehead atoms. The van der Waals surface area contributed by atoms with Gasteiger partial charge in [0.2, 0.25) is 0 Å². The summed E-state index contributed by atoms with van der Waals surface area (Å²) in [4.78, 5) is 23.2. The summed E-state index contributed by atoms with van der Waals surface area (Å²) in [5.41, 5.74) is -0.118. The second-order valence-electron chi connectivity index (χ2n) is 3.60. The van der Waals surface area contributed by atoms with Crippen molar-refractivity contribution in [3.05, 3.63) is 45.8 Å². The summed E-state index contributed by atoms with van der Waals surface area (Å²) in [7, 11) is 1.57. The van der Waals surface area contributed by atoms with Gasteiger partial charge in [-0.3, -0.25) is 4.79 Å². The Morgan fingerprint density at radius 3 is 2.82 bits per heavy atom. The van der Waals surface area contributed by atoms with Crippen molar-refractivity contribution >= 4 is 5.91 Å². The number of nitrogens with zero attached hydrogens (tertiary/aromatic N) is 1. The molecule has 0 saturated heterocycles. The molecule has 0 aliphatic heterocycles. The highest BCUT2D eigenvalue weighted by Gasteiger charge is 2.19. The third kappa shape index (κ3) is 2.15. The highest BCUT2D eigenvalue weighted by atomic mass is 16.5. The number of rotatable bonds is 3. The van der Waals surface area contributed by atoms with Gasteiger partial charge in [0.1, 0.15) is 11.3 Å². The molecule has 2 heterocycles. The Kier molecular flexibility index (Phi) is 2.86. The second-order valence-corrected chi connectivity index (χ2v) is 3.60. The molecule has 17 heavy (non-hydrogen) atoms. The third-order valence-electron chi connectivity index (χ3n) is 2.49. The fraction of sp³-hybridized carbons (Fsp3) is 0.273. The van der Waals surface area contributed by atoms with Crippen molar-refractivity contribution in [1.29, 1.82) is 0 Å². The Balaban J connectivity index is 2.12. The van der Waals surface area contributed by atoms with Crippen molar-refractivity contribution in [2.75, 3.05) is 0 Å². The number of furan rings is 1. The Labute approximate surface area is 96.8 Å². The van der Waals surface area contributed by atoms with Crippen molar-refractivity contribution in [2.45, 2.75) is 13.5 Å². The first kappa shape index (κ1) is 11.3. The number of carbonyl (C=O) groups is 1. The molecule has 6 nitrogen and oxygen atoms in total. The summed E-state index contributed by atoms with van der Waals surface area (Å²) < 4.78 is 11.1. The highest BCUT2D eigenvalue weighted by Crippen LogP contribution is 2.04. The summed E-state index contributed by atoms with van der Waals surface area (Å²) >= 11 is 0. The fourth-order valence-corrected chi connectivity index (χ4v) is 1.47. The van der Waals surface area contributed by atoms with Crippen LogP contribution in [-0.4, -0.2) is 10.6 Å². The maximum Gasteiger partial charge on any atom is 0.370 e. The Hall–Kier alpha value is -2.24. The molecule has 1 amide bonds. The van der Waals surface area contributed by atoms with E-state index in [1.807, 2.05) is 0 Å². The lowest BCUT2D eigenvalue weighted by molar-refractivity contribution is 0.0945. The Morgan fingerprint density at radius 2 is 2.29 bits per heavy atom. The molecule has 1 N–H and O–H groups in total. The molecular weight excluding hydrogens is 224 g/mol. The molecular formula is C11H12N2O4. The SMILES string of the molecule is Cc1c(C(=O)NCc2ccco2)c(=O)on1C. The molecule has 2 aromatic heterocycles. The van der Waals surface area contributed by atoms with E-state index in [0.717, 1.165) is 0 Å². The Bertz CT molecular complexity index is 577. The predicted octanol–water partition coefficient (Wildman–Crippen LogP) is 0.810. The normalized spacial score (nSPS) is 10.5. The van der Waals surface area contributed by atoms with E-state index in [-0.39, 0.29) is 12.1 Å². The van der Waals surface area contributed by atoms with E-state index in [4.69, 9.17) is 8.94 Å². The van der Waals surface area contributed by atoms with Gasteiger partial charge in [-0.05, 0) is 19.1 Å². The molecule has 0 aromatic carbocycles. The number of hydrogen-bond donors (Lipinski definition) is 1. The monoisotopic (exact) mass is 236 g/mol. The number of aromatic nitrogens is 1. The van der Waals surface area contributed by atoms with E-state index >= 15 is 0 Å². The molecule has 0 aliphatic rings. The molecule has 6 heteroatoms. The standard InChI is InChI=1S/C11H12N2O4/c1-7-9(11(15)17-13(7)2)10(14)12-6-8-4-3-5-16-8/h3-5H,6H2,1-2H3,(H,12,14). The number of amides is 1. The van der Waals surface area contributed by atoms with Gasteiger partial charge >= 0.3 is 5.63 Å². The smallest absolute Gasteiger partial charge is 0.370 e. The van der Waals surface area contributed by atoms with Gasteiger partial charge in [-0.1, -0.05) is 0 Å². The fourth-order valence-electron chi connectivity index (χ4n) is 1.47. The van der Waals surface area contributed by atoms with Gasteiger partial charge in [0.25, 0.3) is 5.91 Å². The van der Waals surface area contributed by atoms with Crippen molar-refractivity contribution in [1.82, 2.24) is 10.1 Å². The van der Waals surface area contributed by atoms with Crippen LogP contribution in [0.5, 0.6) is 0 Å². The summed E-state index contributed by atoms with van der Waals surface area (Å²) in [5.74, 6) is 0.157. The molecule has 0 radical (unpaired) electrons. The number of aryl methyl sites for hydroxylation is 1. The third-order valence-corrected chi connectivity index (χ3v) is 2.49. The number of hydrogen-bond acceptors (Lipinski definition) is 4. The largest absolute Gasteiger partial charge is 0.467 e. The summed E-state index contributed by atoms with van der Waals surface area (Å²) in [5, 5.41) is 2.59. The first-order chi connectivity index (χ1) is 8.09. The average Bonchev–Trinajstić information content (AvgIpc) is 2.86. The molecule has 2 aromatic rings. The van der Waals surface area contributed by atoms with Gasteiger partial charge in [0.15, 0.2) is 0 Å². The van der Waals surface area contributed by atoms with Crippen molar-refractivity contribution in [3.63, 3.8) is 0 Å². The second kappa shape index (κ2) is 4.32. The van der Waals surface area contributed by atoms with Crippen LogP contribution in [0.3, 0.4) is 0 Å². The zero-order valence-corrected chi connectivity index (χ0v) is 9.52. The van der Waals surface area contributed by atoms with E-state index in [0.29, 0.717) is 11.5 Å². The van der Waals surface area contributed by atoms with Crippen molar-refractivity contribution in [2.24, 2.45) is 7.05 Å². The zero-order chi connectivity index (χ0) is 12.4. The predicted molar refractivity (Wildman–Crippen MR) is 58.6 cm³/mol. The number of nitrogens with one attached hydrogen (secondary N) is 1. The summed E-state index contributed by atoms with van der Waals surface area (Å²) in [6.45, 7) is 1.88. The molecule has 0 spiro atoms. The summed E-state index contributed by atoms with van der Waals surface area (Å²) in [6.07, 6.45) is 1.52. The van der Waals surface area contributed by atoms with Gasteiger partial charge in [-0.25, -0.2) is 9.53 Å². The maximum atomic E-state index is 11.8. The van der Waals surface area contributed by atoms with Crippen LogP contribution in [0.15, 0.2) is 32.1 Å². The van der Waals surface area contributed by atoms with Crippen LogP contribution in [-0.2, 0) is 13.6 Å². The maximum absolute atomic E-state index is 11.8. The van der Waals surface area contributed by atoms with Gasteiger partial charge in [-0.2, -0.15) is 0 Å². The minimum absolute atomic E-state index is 0.0269. The van der Waals surface area contributed by atoms with Gasteiger partial charge in [0, 0.05) is 7.05 Å². The van der Waals surface area contributed by atoms with E-state index < -0.39 is 11.5 Å². The lowest BCUT2D eigenvalue weighted by Gasteiger charge is -2.00. The molecule has 0 atom stereocenters. The quantitative estimate of drug-likeness (QED) is 0.855. The first-order valence-corrected chi connectivity index (χ1v) is 5.07. The van der Waals surface area contributed by atoms with E-state index in [9.17, 15) is 9.59 Å².